The highest BCUT2D eigenvalue weighted by molar-refractivity contribution is 5.88. The molecule has 2 aliphatic rings. The van der Waals surface area contributed by atoms with Crippen molar-refractivity contribution in [3.05, 3.63) is 47.7 Å². The minimum Gasteiger partial charge on any atom is -0.481 e. The molecule has 1 aromatic carbocycles. The minimum atomic E-state index is -0.857. The van der Waals surface area contributed by atoms with Crippen LogP contribution in [-0.4, -0.2) is 52.5 Å². The number of nitrogens with zero attached hydrogens (tertiary/aromatic N) is 2. The van der Waals surface area contributed by atoms with Crippen molar-refractivity contribution >= 4 is 11.9 Å². The number of furan rings is 1. The molecule has 0 bridgehead atoms. The number of aryl methyl sites for hydroxylation is 1. The van der Waals surface area contributed by atoms with E-state index in [2.05, 4.69) is 17.0 Å². The molecule has 2 fully saturated rings. The SMILES string of the molecule is Cc1ccc(-c2ccccc2CN2CCC3(CC2)[C@H](C(=O)O)CC(=O)N3C)o1. The number of hydrogen-bond donors (Lipinski definition) is 1. The Bertz CT molecular complexity index is 895. The fraction of sp³-hybridized carbons (Fsp3) is 0.455. The predicted molar refractivity (Wildman–Crippen MR) is 105 cm³/mol. The number of carboxylic acid groups (broad SMARTS) is 1. The van der Waals surface area contributed by atoms with Crippen LogP contribution < -0.4 is 0 Å². The van der Waals surface area contributed by atoms with Crippen LogP contribution >= 0.6 is 0 Å². The molecule has 0 unspecified atom stereocenters. The molecule has 1 atom stereocenters. The molecule has 1 N–H and O–H groups in total. The van der Waals surface area contributed by atoms with Gasteiger partial charge in [-0.05, 0) is 37.5 Å². The Morgan fingerprint density at radius 1 is 1.21 bits per heavy atom. The van der Waals surface area contributed by atoms with Gasteiger partial charge in [-0.25, -0.2) is 0 Å². The first kappa shape index (κ1) is 18.7. The van der Waals surface area contributed by atoms with Crippen molar-refractivity contribution in [2.75, 3.05) is 20.1 Å². The summed E-state index contributed by atoms with van der Waals surface area (Å²) in [6, 6.07) is 12.2. The second-order valence-electron chi connectivity index (χ2n) is 7.99. The van der Waals surface area contributed by atoms with E-state index in [1.807, 2.05) is 31.2 Å². The van der Waals surface area contributed by atoms with Crippen molar-refractivity contribution in [1.82, 2.24) is 9.80 Å². The molecule has 0 saturated carbocycles. The molecule has 3 heterocycles. The Hall–Kier alpha value is -2.60. The maximum Gasteiger partial charge on any atom is 0.309 e. The monoisotopic (exact) mass is 382 g/mol. The number of benzene rings is 1. The van der Waals surface area contributed by atoms with E-state index >= 15 is 0 Å². The summed E-state index contributed by atoms with van der Waals surface area (Å²) in [6.07, 6.45) is 1.50. The van der Waals surface area contributed by atoms with Crippen molar-refractivity contribution in [2.24, 2.45) is 5.92 Å². The number of carboxylic acids is 1. The van der Waals surface area contributed by atoms with Crippen molar-refractivity contribution in [3.63, 3.8) is 0 Å². The highest BCUT2D eigenvalue weighted by atomic mass is 16.4. The fourth-order valence-electron chi connectivity index (χ4n) is 4.80. The molecule has 0 aliphatic carbocycles. The van der Waals surface area contributed by atoms with Crippen LogP contribution in [0.5, 0.6) is 0 Å². The first-order valence-corrected chi connectivity index (χ1v) is 9.77. The average Bonchev–Trinajstić information content (AvgIpc) is 3.21. The minimum absolute atomic E-state index is 0.0561. The maximum absolute atomic E-state index is 12.2. The Kier molecular flexibility index (Phi) is 4.75. The lowest BCUT2D eigenvalue weighted by atomic mass is 9.77. The van der Waals surface area contributed by atoms with Crippen molar-refractivity contribution in [1.29, 1.82) is 0 Å². The molecule has 6 nitrogen and oxygen atoms in total. The van der Waals surface area contributed by atoms with Crippen LogP contribution in [0.3, 0.4) is 0 Å². The summed E-state index contributed by atoms with van der Waals surface area (Å²) in [5, 5.41) is 9.63. The van der Waals surface area contributed by atoms with Crippen molar-refractivity contribution < 1.29 is 19.1 Å². The first-order valence-electron chi connectivity index (χ1n) is 9.77. The molecule has 1 amide bonds. The van der Waals surface area contributed by atoms with Crippen LogP contribution in [0.4, 0.5) is 0 Å². The third-order valence-corrected chi connectivity index (χ3v) is 6.51. The lowest BCUT2D eigenvalue weighted by Gasteiger charge is -2.45. The smallest absolute Gasteiger partial charge is 0.309 e. The van der Waals surface area contributed by atoms with Gasteiger partial charge in [0.1, 0.15) is 11.5 Å². The van der Waals surface area contributed by atoms with E-state index in [9.17, 15) is 14.7 Å². The van der Waals surface area contributed by atoms with E-state index in [0.29, 0.717) is 12.8 Å². The van der Waals surface area contributed by atoms with Crippen molar-refractivity contribution in [2.45, 2.75) is 38.3 Å². The second-order valence-corrected chi connectivity index (χ2v) is 7.99. The molecule has 1 aromatic heterocycles. The zero-order valence-electron chi connectivity index (χ0n) is 16.4. The van der Waals surface area contributed by atoms with Gasteiger partial charge >= 0.3 is 5.97 Å². The Morgan fingerprint density at radius 2 is 1.93 bits per heavy atom. The molecule has 0 radical (unpaired) electrons. The number of piperidine rings is 1. The molecular formula is C22H26N2O4. The lowest BCUT2D eigenvalue weighted by Crippen LogP contribution is -2.55. The molecular weight excluding hydrogens is 356 g/mol. The quantitative estimate of drug-likeness (QED) is 0.879. The van der Waals surface area contributed by atoms with E-state index < -0.39 is 17.4 Å². The summed E-state index contributed by atoms with van der Waals surface area (Å²) >= 11 is 0. The van der Waals surface area contributed by atoms with E-state index in [4.69, 9.17) is 4.42 Å². The van der Waals surface area contributed by atoms with Crippen LogP contribution in [0.1, 0.15) is 30.6 Å². The standard InChI is InChI=1S/C22H26N2O4/c1-15-7-8-19(28-15)17-6-4-3-5-16(17)14-24-11-9-22(10-12-24)18(21(26)27)13-20(25)23(22)2/h3-8,18H,9-14H2,1-2H3,(H,26,27)/t18-/m0/s1. The van der Waals surface area contributed by atoms with Gasteiger partial charge in [-0.3, -0.25) is 14.5 Å². The predicted octanol–water partition coefficient (Wildman–Crippen LogP) is 3.15. The second kappa shape index (κ2) is 7.09. The third-order valence-electron chi connectivity index (χ3n) is 6.51. The van der Waals surface area contributed by atoms with Crippen LogP contribution in [0.15, 0.2) is 40.8 Å². The van der Waals surface area contributed by atoms with E-state index in [1.165, 1.54) is 5.56 Å². The molecule has 4 rings (SSSR count). The molecule has 28 heavy (non-hydrogen) atoms. The van der Waals surface area contributed by atoms with Gasteiger partial charge in [0, 0.05) is 38.7 Å². The summed E-state index contributed by atoms with van der Waals surface area (Å²) in [5.41, 5.74) is 1.74. The molecule has 2 saturated heterocycles. The number of carbonyl (C=O) groups excluding carboxylic acids is 1. The molecule has 1 spiro atoms. The van der Waals surface area contributed by atoms with Crippen LogP contribution in [0.2, 0.25) is 0 Å². The van der Waals surface area contributed by atoms with Gasteiger partial charge < -0.3 is 14.4 Å². The summed E-state index contributed by atoms with van der Waals surface area (Å²) in [5.74, 6) is 0.238. The molecule has 2 aromatic rings. The average molecular weight is 382 g/mol. The largest absolute Gasteiger partial charge is 0.481 e. The summed E-state index contributed by atoms with van der Waals surface area (Å²) < 4.78 is 5.81. The molecule has 148 valence electrons. The summed E-state index contributed by atoms with van der Waals surface area (Å²) in [6.45, 7) is 4.26. The van der Waals surface area contributed by atoms with Crippen LogP contribution in [0.25, 0.3) is 11.3 Å². The lowest BCUT2D eigenvalue weighted by molar-refractivity contribution is -0.146. The Morgan fingerprint density at radius 3 is 2.57 bits per heavy atom. The van der Waals surface area contributed by atoms with Gasteiger partial charge in [0.25, 0.3) is 0 Å². The molecule has 2 aliphatic heterocycles. The van der Waals surface area contributed by atoms with Gasteiger partial charge in [0.2, 0.25) is 5.91 Å². The number of likely N-dealkylation sites (tertiary alicyclic amines) is 2. The van der Waals surface area contributed by atoms with E-state index in [-0.39, 0.29) is 12.3 Å². The fourth-order valence-corrected chi connectivity index (χ4v) is 4.80. The number of carbonyl (C=O) groups is 2. The van der Waals surface area contributed by atoms with Crippen LogP contribution in [-0.2, 0) is 16.1 Å². The zero-order valence-corrected chi connectivity index (χ0v) is 16.4. The zero-order chi connectivity index (χ0) is 19.9. The van der Waals surface area contributed by atoms with Gasteiger partial charge in [-0.15, -0.1) is 0 Å². The highest BCUT2D eigenvalue weighted by Gasteiger charge is 2.55. The summed E-state index contributed by atoms with van der Waals surface area (Å²) in [7, 11) is 1.76. The van der Waals surface area contributed by atoms with E-state index in [0.717, 1.165) is 36.7 Å². The molecule has 6 heteroatoms. The third kappa shape index (κ3) is 3.11. The normalized spacial score (nSPS) is 22.1. The van der Waals surface area contributed by atoms with Gasteiger partial charge in [0.05, 0.1) is 11.5 Å². The van der Waals surface area contributed by atoms with E-state index in [1.54, 1.807) is 11.9 Å². The first-order chi connectivity index (χ1) is 13.4. The highest BCUT2D eigenvalue weighted by Crippen LogP contribution is 2.43. The van der Waals surface area contributed by atoms with Gasteiger partial charge in [0.15, 0.2) is 0 Å². The van der Waals surface area contributed by atoms with Crippen LogP contribution in [0, 0.1) is 12.8 Å². The number of rotatable bonds is 4. The van der Waals surface area contributed by atoms with Gasteiger partial charge in [-0.1, -0.05) is 24.3 Å². The maximum atomic E-state index is 12.2. The number of aliphatic carboxylic acids is 1. The number of amides is 1. The topological polar surface area (TPSA) is 74.0 Å². The number of hydrogen-bond acceptors (Lipinski definition) is 4. The van der Waals surface area contributed by atoms with Crippen molar-refractivity contribution in [3.8, 4) is 11.3 Å². The Balaban J connectivity index is 1.50. The summed E-state index contributed by atoms with van der Waals surface area (Å²) in [4.78, 5) is 28.0. The van der Waals surface area contributed by atoms with Gasteiger partial charge in [-0.2, -0.15) is 0 Å². The Labute approximate surface area is 164 Å².